The summed E-state index contributed by atoms with van der Waals surface area (Å²) in [6, 6.07) is 15.7. The van der Waals surface area contributed by atoms with E-state index in [9.17, 15) is 9.59 Å². The number of carbonyl (C=O) groups is 2. The van der Waals surface area contributed by atoms with Gasteiger partial charge < -0.3 is 10.1 Å². The van der Waals surface area contributed by atoms with Crippen molar-refractivity contribution in [2.75, 3.05) is 5.32 Å². The molecule has 4 nitrogen and oxygen atoms in total. The number of anilines is 1. The summed E-state index contributed by atoms with van der Waals surface area (Å²) in [5.41, 5.74) is 1.02. The van der Waals surface area contributed by atoms with Gasteiger partial charge in [-0.3, -0.25) is 9.59 Å². The van der Waals surface area contributed by atoms with Gasteiger partial charge >= 0.3 is 5.97 Å². The molecule has 4 heteroatoms. The number of nitrogens with one attached hydrogen (secondary N) is 1. The molecule has 108 valence electrons. The average molecular weight is 283 g/mol. The Morgan fingerprint density at radius 2 is 1.57 bits per heavy atom. The molecule has 0 aliphatic carbocycles. The molecule has 1 amide bonds. The Balaban J connectivity index is 2.17. The number of hydrogen-bond acceptors (Lipinski definition) is 3. The minimum atomic E-state index is -0.337. The SMILES string of the molecule is CC(C)C(=O)Oc1ccccc1NC(=O)c1ccccc1. The molecule has 0 saturated heterocycles. The van der Waals surface area contributed by atoms with Crippen LogP contribution in [-0.4, -0.2) is 11.9 Å². The lowest BCUT2D eigenvalue weighted by Crippen LogP contribution is -2.17. The molecule has 2 aromatic rings. The minimum absolute atomic E-state index is 0.233. The molecule has 1 N–H and O–H groups in total. The summed E-state index contributed by atoms with van der Waals surface area (Å²) in [6.07, 6.45) is 0. The van der Waals surface area contributed by atoms with E-state index in [1.54, 1.807) is 62.4 Å². The van der Waals surface area contributed by atoms with Crippen molar-refractivity contribution in [3.05, 3.63) is 60.2 Å². The Kier molecular flexibility index (Phi) is 4.72. The lowest BCUT2D eigenvalue weighted by molar-refractivity contribution is -0.137. The smallest absolute Gasteiger partial charge is 0.313 e. The number of para-hydroxylation sites is 2. The van der Waals surface area contributed by atoms with Gasteiger partial charge in [0.25, 0.3) is 5.91 Å². The summed E-state index contributed by atoms with van der Waals surface area (Å²) < 4.78 is 5.29. The van der Waals surface area contributed by atoms with Crippen LogP contribution in [0.5, 0.6) is 5.75 Å². The number of benzene rings is 2. The van der Waals surface area contributed by atoms with E-state index >= 15 is 0 Å². The standard InChI is InChI=1S/C17H17NO3/c1-12(2)17(20)21-15-11-7-6-10-14(15)18-16(19)13-8-4-3-5-9-13/h3-12H,1-2H3,(H,18,19). The maximum Gasteiger partial charge on any atom is 0.313 e. The van der Waals surface area contributed by atoms with Crippen molar-refractivity contribution in [3.63, 3.8) is 0 Å². The van der Waals surface area contributed by atoms with Gasteiger partial charge in [-0.2, -0.15) is 0 Å². The highest BCUT2D eigenvalue weighted by Gasteiger charge is 2.14. The molecule has 2 aromatic carbocycles. The lowest BCUT2D eigenvalue weighted by Gasteiger charge is -2.12. The highest BCUT2D eigenvalue weighted by Crippen LogP contribution is 2.25. The van der Waals surface area contributed by atoms with Gasteiger partial charge in [-0.05, 0) is 24.3 Å². The van der Waals surface area contributed by atoms with Crippen molar-refractivity contribution in [1.82, 2.24) is 0 Å². The molecule has 0 fully saturated rings. The Bertz CT molecular complexity index is 635. The quantitative estimate of drug-likeness (QED) is 0.690. The fourth-order valence-corrected chi connectivity index (χ4v) is 1.67. The average Bonchev–Trinajstić information content (AvgIpc) is 2.50. The molecule has 2 rings (SSSR count). The van der Waals surface area contributed by atoms with E-state index < -0.39 is 0 Å². The topological polar surface area (TPSA) is 55.4 Å². The Hall–Kier alpha value is -2.62. The van der Waals surface area contributed by atoms with Crippen LogP contribution in [0.1, 0.15) is 24.2 Å². The van der Waals surface area contributed by atoms with Crippen LogP contribution in [0, 0.1) is 5.92 Å². The largest absolute Gasteiger partial charge is 0.424 e. The molecular weight excluding hydrogens is 266 g/mol. The number of amides is 1. The van der Waals surface area contributed by atoms with Crippen LogP contribution in [-0.2, 0) is 4.79 Å². The molecule has 0 radical (unpaired) electrons. The van der Waals surface area contributed by atoms with Crippen LogP contribution in [0.4, 0.5) is 5.69 Å². The summed E-state index contributed by atoms with van der Waals surface area (Å²) >= 11 is 0. The summed E-state index contributed by atoms with van der Waals surface area (Å²) in [5, 5.41) is 2.75. The maximum absolute atomic E-state index is 12.1. The maximum atomic E-state index is 12.1. The highest BCUT2D eigenvalue weighted by atomic mass is 16.5. The molecule has 0 spiro atoms. The van der Waals surface area contributed by atoms with Gasteiger partial charge in [-0.25, -0.2) is 0 Å². The Morgan fingerprint density at radius 3 is 2.24 bits per heavy atom. The van der Waals surface area contributed by atoms with Crippen LogP contribution in [0.2, 0.25) is 0 Å². The lowest BCUT2D eigenvalue weighted by atomic mass is 10.2. The van der Waals surface area contributed by atoms with Crippen molar-refractivity contribution in [2.24, 2.45) is 5.92 Å². The van der Waals surface area contributed by atoms with Crippen molar-refractivity contribution in [3.8, 4) is 5.75 Å². The normalized spacial score (nSPS) is 10.2. The fraction of sp³-hybridized carbons (Fsp3) is 0.176. The van der Waals surface area contributed by atoms with E-state index in [-0.39, 0.29) is 17.8 Å². The number of carbonyl (C=O) groups excluding carboxylic acids is 2. The summed E-state index contributed by atoms with van der Waals surface area (Å²) in [6.45, 7) is 3.51. The first-order valence-corrected chi connectivity index (χ1v) is 6.75. The van der Waals surface area contributed by atoms with Crippen molar-refractivity contribution in [2.45, 2.75) is 13.8 Å². The third-order valence-electron chi connectivity index (χ3n) is 2.85. The van der Waals surface area contributed by atoms with Crippen LogP contribution in [0.15, 0.2) is 54.6 Å². The molecule has 0 heterocycles. The molecule has 21 heavy (non-hydrogen) atoms. The van der Waals surface area contributed by atoms with Crippen molar-refractivity contribution < 1.29 is 14.3 Å². The Labute approximate surface area is 123 Å². The molecule has 0 unspecified atom stereocenters. The van der Waals surface area contributed by atoms with Gasteiger partial charge in [-0.1, -0.05) is 44.2 Å². The highest BCUT2D eigenvalue weighted by molar-refractivity contribution is 6.05. The molecule has 0 aliphatic heterocycles. The molecule has 0 saturated carbocycles. The predicted octanol–water partition coefficient (Wildman–Crippen LogP) is 3.50. The first-order chi connectivity index (χ1) is 10.1. The van der Waals surface area contributed by atoms with Gasteiger partial charge in [0.15, 0.2) is 5.75 Å². The molecular formula is C17H17NO3. The second kappa shape index (κ2) is 6.70. The molecule has 0 atom stereocenters. The first-order valence-electron chi connectivity index (χ1n) is 6.75. The van der Waals surface area contributed by atoms with E-state index in [1.807, 2.05) is 6.07 Å². The molecule has 0 aliphatic rings. The van der Waals surface area contributed by atoms with Gasteiger partial charge in [-0.15, -0.1) is 0 Å². The van der Waals surface area contributed by atoms with Crippen molar-refractivity contribution >= 4 is 17.6 Å². The van der Waals surface area contributed by atoms with E-state index in [0.29, 0.717) is 17.0 Å². The first kappa shape index (κ1) is 14.8. The van der Waals surface area contributed by atoms with E-state index in [2.05, 4.69) is 5.32 Å². The third-order valence-corrected chi connectivity index (χ3v) is 2.85. The zero-order valence-electron chi connectivity index (χ0n) is 12.0. The van der Waals surface area contributed by atoms with Crippen LogP contribution >= 0.6 is 0 Å². The number of rotatable bonds is 4. The fourth-order valence-electron chi connectivity index (χ4n) is 1.67. The predicted molar refractivity (Wildman–Crippen MR) is 81.3 cm³/mol. The second-order valence-corrected chi connectivity index (χ2v) is 4.89. The van der Waals surface area contributed by atoms with Gasteiger partial charge in [0, 0.05) is 5.56 Å². The minimum Gasteiger partial charge on any atom is -0.424 e. The summed E-state index contributed by atoms with van der Waals surface area (Å²) in [4.78, 5) is 23.8. The monoisotopic (exact) mass is 283 g/mol. The zero-order valence-corrected chi connectivity index (χ0v) is 12.0. The van der Waals surface area contributed by atoms with E-state index in [4.69, 9.17) is 4.74 Å². The van der Waals surface area contributed by atoms with Crippen LogP contribution in [0.3, 0.4) is 0 Å². The second-order valence-electron chi connectivity index (χ2n) is 4.89. The van der Waals surface area contributed by atoms with Gasteiger partial charge in [0.2, 0.25) is 0 Å². The van der Waals surface area contributed by atoms with Crippen LogP contribution in [0.25, 0.3) is 0 Å². The summed E-state index contributed by atoms with van der Waals surface area (Å²) in [7, 11) is 0. The van der Waals surface area contributed by atoms with Crippen molar-refractivity contribution in [1.29, 1.82) is 0 Å². The summed E-state index contributed by atoms with van der Waals surface area (Å²) in [5.74, 6) is -0.469. The third kappa shape index (κ3) is 3.92. The molecule has 0 bridgehead atoms. The van der Waals surface area contributed by atoms with E-state index in [0.717, 1.165) is 0 Å². The number of ether oxygens (including phenoxy) is 1. The van der Waals surface area contributed by atoms with Gasteiger partial charge in [0.1, 0.15) is 0 Å². The Morgan fingerprint density at radius 1 is 0.952 bits per heavy atom. The molecule has 0 aromatic heterocycles. The van der Waals surface area contributed by atoms with Gasteiger partial charge in [0.05, 0.1) is 11.6 Å². The van der Waals surface area contributed by atoms with Crippen LogP contribution < -0.4 is 10.1 Å². The van der Waals surface area contributed by atoms with E-state index in [1.165, 1.54) is 0 Å². The number of hydrogen-bond donors (Lipinski definition) is 1. The zero-order chi connectivity index (χ0) is 15.2. The number of esters is 1.